The number of hydrogen-bond donors (Lipinski definition) is 1. The van der Waals surface area contributed by atoms with Crippen molar-refractivity contribution in [3.05, 3.63) is 60.2 Å². The Kier molecular flexibility index (Phi) is 2.71. The van der Waals surface area contributed by atoms with Gasteiger partial charge in [-0.15, -0.1) is 0 Å². The van der Waals surface area contributed by atoms with Crippen LogP contribution in [0.5, 0.6) is 0 Å². The van der Waals surface area contributed by atoms with Crippen LogP contribution in [0.25, 0.3) is 11.1 Å². The lowest BCUT2D eigenvalue weighted by Crippen LogP contribution is -2.09. The first-order chi connectivity index (χ1) is 8.69. The molecule has 1 aliphatic carbocycles. The average Bonchev–Trinajstić information content (AvgIpc) is 3.18. The minimum Gasteiger partial charge on any atom is -0.388 e. The van der Waals surface area contributed by atoms with Crippen molar-refractivity contribution >= 4 is 0 Å². The third-order valence-electron chi connectivity index (χ3n) is 4.03. The lowest BCUT2D eigenvalue weighted by molar-refractivity contribution is 0.104. The van der Waals surface area contributed by atoms with Crippen LogP contribution in [0.15, 0.2) is 54.6 Å². The zero-order valence-electron chi connectivity index (χ0n) is 10.6. The molecule has 0 aromatic heterocycles. The minimum absolute atomic E-state index is 0.119. The summed E-state index contributed by atoms with van der Waals surface area (Å²) < 4.78 is 0. The van der Waals surface area contributed by atoms with Crippen molar-refractivity contribution in [2.75, 3.05) is 0 Å². The maximum atomic E-state index is 10.3. The van der Waals surface area contributed by atoms with Crippen LogP contribution < -0.4 is 0 Å². The molecule has 92 valence electrons. The van der Waals surface area contributed by atoms with Gasteiger partial charge in [-0.3, -0.25) is 0 Å². The standard InChI is InChI=1S/C17H18O/c1-17(11-12-17)16(18)15-9-7-14(8-10-15)13-5-3-2-4-6-13/h2-10,16,18H,11-12H2,1H3. The zero-order valence-corrected chi connectivity index (χ0v) is 10.6. The van der Waals surface area contributed by atoms with Crippen molar-refractivity contribution in [2.45, 2.75) is 25.9 Å². The van der Waals surface area contributed by atoms with E-state index in [4.69, 9.17) is 0 Å². The lowest BCUT2D eigenvalue weighted by atomic mass is 9.93. The van der Waals surface area contributed by atoms with Gasteiger partial charge in [0, 0.05) is 0 Å². The van der Waals surface area contributed by atoms with Crippen LogP contribution in [0.4, 0.5) is 0 Å². The van der Waals surface area contributed by atoms with Crippen LogP contribution in [0, 0.1) is 5.41 Å². The first-order valence-electron chi connectivity index (χ1n) is 6.52. The largest absolute Gasteiger partial charge is 0.388 e. The average molecular weight is 238 g/mol. The fourth-order valence-electron chi connectivity index (χ4n) is 2.36. The topological polar surface area (TPSA) is 20.2 Å². The summed E-state index contributed by atoms with van der Waals surface area (Å²) >= 11 is 0. The first-order valence-corrected chi connectivity index (χ1v) is 6.52. The van der Waals surface area contributed by atoms with Crippen molar-refractivity contribution < 1.29 is 5.11 Å². The van der Waals surface area contributed by atoms with Crippen LogP contribution in [-0.2, 0) is 0 Å². The number of hydrogen-bond acceptors (Lipinski definition) is 1. The highest BCUT2D eigenvalue weighted by atomic mass is 16.3. The summed E-state index contributed by atoms with van der Waals surface area (Å²) in [6.45, 7) is 2.16. The molecule has 3 rings (SSSR count). The van der Waals surface area contributed by atoms with E-state index in [9.17, 15) is 5.11 Å². The van der Waals surface area contributed by atoms with Crippen molar-refractivity contribution in [3.8, 4) is 11.1 Å². The Bertz CT molecular complexity index is 523. The second-order valence-corrected chi connectivity index (χ2v) is 5.54. The molecule has 2 aromatic carbocycles. The Balaban J connectivity index is 1.85. The highest BCUT2D eigenvalue weighted by molar-refractivity contribution is 5.63. The van der Waals surface area contributed by atoms with Crippen molar-refractivity contribution in [1.29, 1.82) is 0 Å². The molecule has 0 bridgehead atoms. The summed E-state index contributed by atoms with van der Waals surface area (Å²) in [5.74, 6) is 0. The van der Waals surface area contributed by atoms with E-state index in [0.29, 0.717) is 0 Å². The number of rotatable bonds is 3. The van der Waals surface area contributed by atoms with E-state index in [1.165, 1.54) is 11.1 Å². The van der Waals surface area contributed by atoms with Gasteiger partial charge in [0.25, 0.3) is 0 Å². The Morgan fingerprint density at radius 1 is 0.889 bits per heavy atom. The molecule has 0 saturated heterocycles. The van der Waals surface area contributed by atoms with E-state index >= 15 is 0 Å². The Morgan fingerprint density at radius 2 is 1.44 bits per heavy atom. The summed E-state index contributed by atoms with van der Waals surface area (Å²) in [4.78, 5) is 0. The van der Waals surface area contributed by atoms with Gasteiger partial charge in [-0.25, -0.2) is 0 Å². The number of aliphatic hydroxyl groups excluding tert-OH is 1. The molecule has 0 amide bonds. The molecule has 1 heteroatoms. The molecule has 1 aliphatic rings. The molecule has 1 fully saturated rings. The quantitative estimate of drug-likeness (QED) is 0.850. The van der Waals surface area contributed by atoms with Gasteiger partial charge < -0.3 is 5.11 Å². The van der Waals surface area contributed by atoms with E-state index in [-0.39, 0.29) is 11.5 Å². The SMILES string of the molecule is CC1(C(O)c2ccc(-c3ccccc3)cc2)CC1. The maximum absolute atomic E-state index is 10.3. The predicted molar refractivity (Wildman–Crippen MR) is 74.2 cm³/mol. The summed E-state index contributed by atoms with van der Waals surface area (Å²) in [6.07, 6.45) is 1.95. The fraction of sp³-hybridized carbons (Fsp3) is 0.294. The molecule has 1 N–H and O–H groups in total. The monoisotopic (exact) mass is 238 g/mol. The molecule has 0 spiro atoms. The summed E-state index contributed by atoms with van der Waals surface area (Å²) in [5, 5.41) is 10.3. The molecule has 1 saturated carbocycles. The van der Waals surface area contributed by atoms with Gasteiger partial charge in [0.15, 0.2) is 0 Å². The molecule has 0 heterocycles. The van der Waals surface area contributed by atoms with Crippen LogP contribution in [0.2, 0.25) is 0 Å². The van der Waals surface area contributed by atoms with Crippen LogP contribution in [-0.4, -0.2) is 5.11 Å². The lowest BCUT2D eigenvalue weighted by Gasteiger charge is -2.18. The van der Waals surface area contributed by atoms with Crippen molar-refractivity contribution in [3.63, 3.8) is 0 Å². The third-order valence-corrected chi connectivity index (χ3v) is 4.03. The van der Waals surface area contributed by atoms with Gasteiger partial charge in [-0.2, -0.15) is 0 Å². The molecule has 1 atom stereocenters. The van der Waals surface area contributed by atoms with Gasteiger partial charge in [0.1, 0.15) is 0 Å². The molecular formula is C17H18O. The van der Waals surface area contributed by atoms with E-state index in [1.54, 1.807) is 0 Å². The normalized spacial score (nSPS) is 18.3. The molecule has 2 aromatic rings. The van der Waals surface area contributed by atoms with E-state index in [2.05, 4.69) is 43.3 Å². The van der Waals surface area contributed by atoms with Gasteiger partial charge in [0.05, 0.1) is 6.10 Å². The number of benzene rings is 2. The first kappa shape index (κ1) is 11.5. The maximum Gasteiger partial charge on any atom is 0.0843 e. The minimum atomic E-state index is -0.317. The number of aliphatic hydroxyl groups is 1. The molecular weight excluding hydrogens is 220 g/mol. The van der Waals surface area contributed by atoms with Gasteiger partial charge >= 0.3 is 0 Å². The highest BCUT2D eigenvalue weighted by Crippen LogP contribution is 2.54. The molecule has 0 radical (unpaired) electrons. The van der Waals surface area contributed by atoms with Crippen LogP contribution >= 0.6 is 0 Å². The highest BCUT2D eigenvalue weighted by Gasteiger charge is 2.44. The molecule has 1 nitrogen and oxygen atoms in total. The van der Waals surface area contributed by atoms with Gasteiger partial charge in [0.2, 0.25) is 0 Å². The Morgan fingerprint density at radius 3 is 2.00 bits per heavy atom. The summed E-state index contributed by atoms with van der Waals surface area (Å²) in [7, 11) is 0. The van der Waals surface area contributed by atoms with Gasteiger partial charge in [-0.1, -0.05) is 61.5 Å². The zero-order chi connectivity index (χ0) is 12.6. The molecule has 0 aliphatic heterocycles. The Labute approximate surface area is 108 Å². The predicted octanol–water partition coefficient (Wildman–Crippen LogP) is 4.19. The van der Waals surface area contributed by atoms with E-state index < -0.39 is 0 Å². The van der Waals surface area contributed by atoms with Crippen LogP contribution in [0.1, 0.15) is 31.4 Å². The second-order valence-electron chi connectivity index (χ2n) is 5.54. The van der Waals surface area contributed by atoms with E-state index in [0.717, 1.165) is 18.4 Å². The van der Waals surface area contributed by atoms with Gasteiger partial charge in [-0.05, 0) is 34.9 Å². The fourth-order valence-corrected chi connectivity index (χ4v) is 2.36. The van der Waals surface area contributed by atoms with Crippen LogP contribution in [0.3, 0.4) is 0 Å². The molecule has 1 unspecified atom stereocenters. The Hall–Kier alpha value is -1.60. The van der Waals surface area contributed by atoms with Crippen molar-refractivity contribution in [2.24, 2.45) is 5.41 Å². The van der Waals surface area contributed by atoms with Crippen molar-refractivity contribution in [1.82, 2.24) is 0 Å². The second kappa shape index (κ2) is 4.25. The summed E-state index contributed by atoms with van der Waals surface area (Å²) in [5.41, 5.74) is 3.58. The molecule has 18 heavy (non-hydrogen) atoms. The smallest absolute Gasteiger partial charge is 0.0843 e. The third kappa shape index (κ3) is 2.06. The van der Waals surface area contributed by atoms with E-state index in [1.807, 2.05) is 18.2 Å². The summed E-state index contributed by atoms with van der Waals surface area (Å²) in [6, 6.07) is 18.6.